The highest BCUT2D eigenvalue weighted by Crippen LogP contribution is 2.61. The van der Waals surface area contributed by atoms with E-state index in [0.29, 0.717) is 29.1 Å². The second-order valence-electron chi connectivity index (χ2n) is 14.5. The molecule has 48 heavy (non-hydrogen) atoms. The number of benzene rings is 1. The third-order valence-electron chi connectivity index (χ3n) is 10.9. The standard InChI is InChI=1S/C37H55N5O6/c1-21(35(45)38-7)16-25(14-15-41(8)9)28-13-11-12-26(34(28)47-10)19-42-33(32(31(20-43)48-42)23(3)39-24(4)44)36(46)40-30-18-27-17-29(22(30)2)37(27,5)6/h11-16,22-23,27,29-33,43H,1,17-20H2,2-10H3,(H,38,45)(H,39,44)(H,40,46)/b15-14+,25-16+/t22-,23?,27+,29-,30-,31-,32+,33-/m0/s1. The minimum atomic E-state index is -0.799. The van der Waals surface area contributed by atoms with Crippen molar-refractivity contribution in [3.05, 3.63) is 59.8 Å². The Bertz CT molecular complexity index is 1440. The zero-order chi connectivity index (χ0) is 35.5. The number of carbonyl (C=O) groups is 3. The van der Waals surface area contributed by atoms with E-state index in [1.807, 2.05) is 56.4 Å². The van der Waals surface area contributed by atoms with E-state index in [0.717, 1.165) is 17.5 Å². The van der Waals surface area contributed by atoms with Crippen LogP contribution in [0, 0.1) is 29.1 Å². The predicted molar refractivity (Wildman–Crippen MR) is 186 cm³/mol. The van der Waals surface area contributed by atoms with E-state index >= 15 is 0 Å². The van der Waals surface area contributed by atoms with Crippen molar-refractivity contribution >= 4 is 23.3 Å². The molecule has 1 saturated heterocycles. The first kappa shape index (κ1) is 37.2. The molecule has 3 aliphatic carbocycles. The zero-order valence-corrected chi connectivity index (χ0v) is 30.0. The number of amides is 3. The Balaban J connectivity index is 1.71. The van der Waals surface area contributed by atoms with Gasteiger partial charge in [-0.3, -0.25) is 19.2 Å². The minimum Gasteiger partial charge on any atom is -0.496 e. The lowest BCUT2D eigenvalue weighted by atomic mass is 9.45. The molecule has 0 spiro atoms. The lowest BCUT2D eigenvalue weighted by Gasteiger charge is -2.62. The number of hydrogen-bond donors (Lipinski definition) is 4. The summed E-state index contributed by atoms with van der Waals surface area (Å²) in [6.07, 6.45) is 6.85. The highest BCUT2D eigenvalue weighted by Gasteiger charge is 2.57. The summed E-state index contributed by atoms with van der Waals surface area (Å²) in [6.45, 7) is 13.9. The van der Waals surface area contributed by atoms with Gasteiger partial charge in [-0.1, -0.05) is 45.5 Å². The van der Waals surface area contributed by atoms with Gasteiger partial charge >= 0.3 is 0 Å². The molecule has 4 N–H and O–H groups in total. The number of ether oxygens (including phenoxy) is 1. The number of carbonyl (C=O) groups excluding carboxylic acids is 3. The lowest BCUT2D eigenvalue weighted by Crippen LogP contribution is -2.62. The molecule has 4 aliphatic rings. The number of hydrogen-bond acceptors (Lipinski definition) is 8. The van der Waals surface area contributed by atoms with Crippen LogP contribution >= 0.6 is 0 Å². The Hall–Kier alpha value is -3.67. The average molecular weight is 666 g/mol. The first-order chi connectivity index (χ1) is 22.6. The maximum atomic E-state index is 14.4. The Kier molecular flexibility index (Phi) is 11.8. The lowest BCUT2D eigenvalue weighted by molar-refractivity contribution is -0.183. The second-order valence-corrected chi connectivity index (χ2v) is 14.5. The van der Waals surface area contributed by atoms with Gasteiger partial charge in [0, 0.05) is 62.8 Å². The minimum absolute atomic E-state index is 0.0310. The molecule has 1 unspecified atom stereocenters. The monoisotopic (exact) mass is 665 g/mol. The van der Waals surface area contributed by atoms with Gasteiger partial charge in [-0.05, 0) is 66.9 Å². The third kappa shape index (κ3) is 7.63. The number of nitrogens with zero attached hydrogens (tertiary/aromatic N) is 2. The first-order valence-corrected chi connectivity index (χ1v) is 16.9. The predicted octanol–water partition coefficient (Wildman–Crippen LogP) is 3.26. The van der Waals surface area contributed by atoms with Crippen molar-refractivity contribution in [1.82, 2.24) is 25.9 Å². The summed E-state index contributed by atoms with van der Waals surface area (Å²) in [5.41, 5.74) is 2.71. The molecule has 3 amide bonds. The van der Waals surface area contributed by atoms with Gasteiger partial charge in [0.05, 0.1) is 20.3 Å². The number of rotatable bonds is 13. The maximum Gasteiger partial charge on any atom is 0.250 e. The van der Waals surface area contributed by atoms with Crippen molar-refractivity contribution in [2.45, 2.75) is 78.2 Å². The van der Waals surface area contributed by atoms with Gasteiger partial charge in [0.1, 0.15) is 17.9 Å². The highest BCUT2D eigenvalue weighted by molar-refractivity contribution is 5.98. The van der Waals surface area contributed by atoms with Crippen molar-refractivity contribution in [3.8, 4) is 5.75 Å². The van der Waals surface area contributed by atoms with E-state index in [1.54, 1.807) is 25.3 Å². The van der Waals surface area contributed by atoms with Gasteiger partial charge in [-0.2, -0.15) is 5.06 Å². The van der Waals surface area contributed by atoms with Crippen molar-refractivity contribution in [3.63, 3.8) is 0 Å². The van der Waals surface area contributed by atoms with Gasteiger partial charge in [0.2, 0.25) is 17.7 Å². The van der Waals surface area contributed by atoms with E-state index in [9.17, 15) is 19.5 Å². The number of allylic oxidation sites excluding steroid dienone is 2. The molecule has 0 aromatic heterocycles. The summed E-state index contributed by atoms with van der Waals surface area (Å²) in [5.74, 6) is 0.748. The van der Waals surface area contributed by atoms with Gasteiger partial charge < -0.3 is 30.7 Å². The van der Waals surface area contributed by atoms with Crippen LogP contribution in [0.3, 0.4) is 0 Å². The van der Waals surface area contributed by atoms with E-state index < -0.39 is 24.1 Å². The van der Waals surface area contributed by atoms with Gasteiger partial charge in [0.25, 0.3) is 0 Å². The number of likely N-dealkylation sites (N-methyl/N-ethyl adjacent to an activating group) is 1. The van der Waals surface area contributed by atoms with Gasteiger partial charge in [-0.15, -0.1) is 0 Å². The Morgan fingerprint density at radius 3 is 2.52 bits per heavy atom. The fourth-order valence-corrected chi connectivity index (χ4v) is 8.13. The molecule has 0 radical (unpaired) electrons. The fourth-order valence-electron chi connectivity index (χ4n) is 8.13. The maximum absolute atomic E-state index is 14.4. The van der Waals surface area contributed by atoms with Crippen molar-refractivity contribution in [1.29, 1.82) is 0 Å². The first-order valence-electron chi connectivity index (χ1n) is 16.9. The van der Waals surface area contributed by atoms with E-state index in [-0.39, 0.29) is 47.9 Å². The van der Waals surface area contributed by atoms with Crippen LogP contribution in [0.25, 0.3) is 5.57 Å². The van der Waals surface area contributed by atoms with E-state index in [4.69, 9.17) is 9.57 Å². The number of methoxy groups -OCH3 is 1. The molecule has 8 atom stereocenters. The zero-order valence-electron chi connectivity index (χ0n) is 30.0. The van der Waals surface area contributed by atoms with Crippen molar-refractivity contribution < 1.29 is 29.1 Å². The van der Waals surface area contributed by atoms with Crippen LogP contribution in [0.4, 0.5) is 0 Å². The molecule has 1 aliphatic heterocycles. The molecule has 264 valence electrons. The molecule has 11 nitrogen and oxygen atoms in total. The van der Waals surface area contributed by atoms with Crippen LogP contribution in [-0.2, 0) is 25.8 Å². The number of para-hydroxylation sites is 1. The van der Waals surface area contributed by atoms with E-state index in [2.05, 4.69) is 43.3 Å². The normalized spacial score (nSPS) is 28.7. The number of nitrogens with one attached hydrogen (secondary N) is 3. The largest absolute Gasteiger partial charge is 0.496 e. The molecule has 2 bridgehead atoms. The number of aliphatic hydroxyl groups excluding tert-OH is 1. The van der Waals surface area contributed by atoms with Crippen LogP contribution < -0.4 is 20.7 Å². The quantitative estimate of drug-likeness (QED) is 0.187. The van der Waals surface area contributed by atoms with Crippen LogP contribution in [0.5, 0.6) is 5.75 Å². The number of fused-ring (bicyclic) bond motifs is 2. The molecule has 4 fully saturated rings. The van der Waals surface area contributed by atoms with Gasteiger partial charge in [0.15, 0.2) is 0 Å². The fraction of sp³-hybridized carbons (Fsp3) is 0.595. The summed E-state index contributed by atoms with van der Waals surface area (Å²) in [7, 11) is 6.94. The Morgan fingerprint density at radius 1 is 1.25 bits per heavy atom. The highest BCUT2D eigenvalue weighted by atomic mass is 16.7. The molecule has 11 heteroatoms. The van der Waals surface area contributed by atoms with Crippen LogP contribution in [0.2, 0.25) is 0 Å². The second kappa shape index (κ2) is 15.3. The van der Waals surface area contributed by atoms with Crippen LogP contribution in [0.1, 0.15) is 58.6 Å². The van der Waals surface area contributed by atoms with Crippen molar-refractivity contribution in [2.24, 2.45) is 29.1 Å². The topological polar surface area (TPSA) is 132 Å². The van der Waals surface area contributed by atoms with Crippen molar-refractivity contribution in [2.75, 3.05) is 34.9 Å². The smallest absolute Gasteiger partial charge is 0.250 e. The SMILES string of the molecule is C=C(/C=C(\C=C\N(C)C)c1cccc(CN2O[C@@H](CO)[C@@H](C(C)NC(C)=O)[C@H]2C(=O)N[C@H]2C[C@H]3C[C@@H]([C@@H]2C)C3(C)C)c1OC)C(=O)NC. The molecule has 3 saturated carbocycles. The molecule has 1 aromatic rings. The van der Waals surface area contributed by atoms with E-state index in [1.165, 1.54) is 13.3 Å². The molecular formula is C37H55N5O6. The summed E-state index contributed by atoms with van der Waals surface area (Å²) in [6, 6.07) is 4.47. The summed E-state index contributed by atoms with van der Waals surface area (Å²) in [4.78, 5) is 47.1. The van der Waals surface area contributed by atoms with Crippen LogP contribution in [-0.4, -0.2) is 91.9 Å². The Labute approximate surface area is 285 Å². The number of hydroxylamine groups is 2. The summed E-state index contributed by atoms with van der Waals surface area (Å²) < 4.78 is 5.98. The van der Waals surface area contributed by atoms with Crippen LogP contribution in [0.15, 0.2) is 48.7 Å². The molecule has 5 rings (SSSR count). The summed E-state index contributed by atoms with van der Waals surface area (Å²) in [5, 5.41) is 21.0. The molecular weight excluding hydrogens is 610 g/mol. The molecule has 1 heterocycles. The number of aliphatic hydroxyl groups is 1. The Morgan fingerprint density at radius 2 is 1.96 bits per heavy atom. The molecule has 1 aromatic carbocycles. The average Bonchev–Trinajstić information content (AvgIpc) is 3.41. The van der Waals surface area contributed by atoms with Gasteiger partial charge in [-0.25, -0.2) is 0 Å². The third-order valence-corrected chi connectivity index (χ3v) is 10.9. The summed E-state index contributed by atoms with van der Waals surface area (Å²) >= 11 is 0.